The van der Waals surface area contributed by atoms with E-state index < -0.39 is 11.6 Å². The molecule has 0 radical (unpaired) electrons. The minimum Gasteiger partial charge on any atom is -0.306 e. The number of nitrogens with one attached hydrogen (secondary N) is 1. The number of thioether (sulfide) groups is 1. The van der Waals surface area contributed by atoms with Crippen molar-refractivity contribution in [2.45, 2.75) is 12.5 Å². The van der Waals surface area contributed by atoms with E-state index in [4.69, 9.17) is 0 Å². The summed E-state index contributed by atoms with van der Waals surface area (Å²) in [5.74, 6) is 0.0943. The van der Waals surface area contributed by atoms with E-state index in [2.05, 4.69) is 21.2 Å². The van der Waals surface area contributed by atoms with Crippen LogP contribution in [0.1, 0.15) is 5.56 Å². The summed E-state index contributed by atoms with van der Waals surface area (Å²) in [4.78, 5) is 12.0. The predicted octanol–water partition coefficient (Wildman–Crippen LogP) is 2.54. The van der Waals surface area contributed by atoms with Gasteiger partial charge in [-0.15, -0.1) is 0 Å². The standard InChI is InChI=1S/C12H12BrF2NOS/c13-8-1-2-9(14)7(12(8)15)5-11(17)10-6-18-4-3-16-10/h1-2,10,16H,3-6H2. The molecule has 18 heavy (non-hydrogen) atoms. The largest absolute Gasteiger partial charge is 0.306 e. The fourth-order valence-electron chi connectivity index (χ4n) is 1.80. The monoisotopic (exact) mass is 335 g/mol. The van der Waals surface area contributed by atoms with Gasteiger partial charge in [0.25, 0.3) is 0 Å². The molecule has 1 aromatic carbocycles. The van der Waals surface area contributed by atoms with Crippen molar-refractivity contribution >= 4 is 33.5 Å². The summed E-state index contributed by atoms with van der Waals surface area (Å²) < 4.78 is 27.4. The van der Waals surface area contributed by atoms with Gasteiger partial charge in [-0.1, -0.05) is 0 Å². The first kappa shape index (κ1) is 14.0. The van der Waals surface area contributed by atoms with E-state index in [0.717, 1.165) is 12.3 Å². The summed E-state index contributed by atoms with van der Waals surface area (Å²) in [5.41, 5.74) is -0.160. The third-order valence-corrected chi connectivity index (χ3v) is 4.47. The first-order chi connectivity index (χ1) is 8.59. The molecular weight excluding hydrogens is 324 g/mol. The van der Waals surface area contributed by atoms with Gasteiger partial charge < -0.3 is 5.32 Å². The normalized spacial score (nSPS) is 19.8. The van der Waals surface area contributed by atoms with E-state index in [1.807, 2.05) is 0 Å². The van der Waals surface area contributed by atoms with Gasteiger partial charge in [-0.05, 0) is 28.1 Å². The van der Waals surface area contributed by atoms with Crippen molar-refractivity contribution in [2.75, 3.05) is 18.1 Å². The molecule has 98 valence electrons. The Labute approximate surface area is 117 Å². The lowest BCUT2D eigenvalue weighted by Gasteiger charge is -2.22. The lowest BCUT2D eigenvalue weighted by atomic mass is 10.0. The average molecular weight is 336 g/mol. The minimum atomic E-state index is -0.688. The van der Waals surface area contributed by atoms with Crippen molar-refractivity contribution in [3.8, 4) is 0 Å². The van der Waals surface area contributed by atoms with Gasteiger partial charge in [0.05, 0.1) is 10.5 Å². The molecule has 6 heteroatoms. The molecule has 1 aliphatic heterocycles. The highest BCUT2D eigenvalue weighted by Gasteiger charge is 2.24. The molecule has 1 aliphatic rings. The van der Waals surface area contributed by atoms with Crippen molar-refractivity contribution in [1.29, 1.82) is 0 Å². The third kappa shape index (κ3) is 3.10. The van der Waals surface area contributed by atoms with E-state index in [0.29, 0.717) is 5.75 Å². The first-order valence-corrected chi connectivity index (χ1v) is 7.50. The number of carbonyl (C=O) groups is 1. The molecule has 0 aliphatic carbocycles. The second kappa shape index (κ2) is 6.12. The quantitative estimate of drug-likeness (QED) is 0.861. The summed E-state index contributed by atoms with van der Waals surface area (Å²) in [5, 5.41) is 3.07. The Balaban J connectivity index is 2.13. The van der Waals surface area contributed by atoms with Gasteiger partial charge in [0.15, 0.2) is 5.78 Å². The van der Waals surface area contributed by atoms with Crippen LogP contribution < -0.4 is 5.32 Å². The number of ketones is 1. The number of halogens is 3. The highest BCUT2D eigenvalue weighted by molar-refractivity contribution is 9.10. The summed E-state index contributed by atoms with van der Waals surface area (Å²) >= 11 is 4.67. The highest BCUT2D eigenvalue weighted by atomic mass is 79.9. The minimum absolute atomic E-state index is 0.160. The van der Waals surface area contributed by atoms with Crippen LogP contribution >= 0.6 is 27.7 Å². The third-order valence-electron chi connectivity index (χ3n) is 2.80. The summed E-state index contributed by atoms with van der Waals surface area (Å²) in [6.45, 7) is 0.754. The van der Waals surface area contributed by atoms with Crippen molar-refractivity contribution in [3.05, 3.63) is 33.8 Å². The molecule has 1 unspecified atom stereocenters. The molecule has 2 nitrogen and oxygen atoms in total. The van der Waals surface area contributed by atoms with Crippen LogP contribution in [0.25, 0.3) is 0 Å². The smallest absolute Gasteiger partial charge is 0.155 e. The molecule has 1 heterocycles. The summed E-state index contributed by atoms with van der Waals surface area (Å²) in [6.07, 6.45) is -0.213. The SMILES string of the molecule is O=C(Cc1c(F)ccc(Br)c1F)C1CSCCN1. The van der Waals surface area contributed by atoms with Gasteiger partial charge >= 0.3 is 0 Å². The molecule has 1 saturated heterocycles. The van der Waals surface area contributed by atoms with E-state index >= 15 is 0 Å². The lowest BCUT2D eigenvalue weighted by molar-refractivity contribution is -0.120. The first-order valence-electron chi connectivity index (χ1n) is 5.56. The van der Waals surface area contributed by atoms with Crippen LogP contribution in [-0.4, -0.2) is 29.9 Å². The molecule has 0 bridgehead atoms. The Morgan fingerprint density at radius 3 is 2.94 bits per heavy atom. The van der Waals surface area contributed by atoms with Gasteiger partial charge in [0, 0.05) is 30.0 Å². The number of rotatable bonds is 3. The van der Waals surface area contributed by atoms with E-state index in [9.17, 15) is 13.6 Å². The van der Waals surface area contributed by atoms with Crippen LogP contribution in [0.2, 0.25) is 0 Å². The number of carbonyl (C=O) groups excluding carboxylic acids is 1. The zero-order valence-corrected chi connectivity index (χ0v) is 11.9. The van der Waals surface area contributed by atoms with Crippen LogP contribution in [0, 0.1) is 11.6 Å². The maximum Gasteiger partial charge on any atom is 0.155 e. The zero-order valence-electron chi connectivity index (χ0n) is 9.51. The van der Waals surface area contributed by atoms with Crippen molar-refractivity contribution in [2.24, 2.45) is 0 Å². The van der Waals surface area contributed by atoms with Gasteiger partial charge in [0.1, 0.15) is 11.6 Å². The van der Waals surface area contributed by atoms with Crippen LogP contribution in [0.15, 0.2) is 16.6 Å². The van der Waals surface area contributed by atoms with Crippen LogP contribution in [-0.2, 0) is 11.2 Å². The molecular formula is C12H12BrF2NOS. The molecule has 2 rings (SSSR count). The molecule has 0 aromatic heterocycles. The molecule has 0 saturated carbocycles. The summed E-state index contributed by atoms with van der Waals surface area (Å²) in [7, 11) is 0. The van der Waals surface area contributed by atoms with Gasteiger partial charge in [-0.2, -0.15) is 11.8 Å². The fourth-order valence-corrected chi connectivity index (χ4v) is 3.14. The number of benzene rings is 1. The Kier molecular flexibility index (Phi) is 4.75. The lowest BCUT2D eigenvalue weighted by Crippen LogP contribution is -2.44. The summed E-state index contributed by atoms with van der Waals surface area (Å²) in [6, 6.07) is 2.16. The number of hydrogen-bond acceptors (Lipinski definition) is 3. The topological polar surface area (TPSA) is 29.1 Å². The Morgan fingerprint density at radius 2 is 2.28 bits per heavy atom. The van der Waals surface area contributed by atoms with Crippen LogP contribution in [0.4, 0.5) is 8.78 Å². The van der Waals surface area contributed by atoms with Crippen LogP contribution in [0.5, 0.6) is 0 Å². The zero-order chi connectivity index (χ0) is 13.1. The van der Waals surface area contributed by atoms with Gasteiger partial charge in [-0.25, -0.2) is 8.78 Å². The average Bonchev–Trinajstić information content (AvgIpc) is 2.40. The Hall–Kier alpha value is -0.460. The molecule has 1 N–H and O–H groups in total. The second-order valence-electron chi connectivity index (χ2n) is 4.05. The fraction of sp³-hybridized carbons (Fsp3) is 0.417. The van der Waals surface area contributed by atoms with Crippen molar-refractivity contribution in [3.63, 3.8) is 0 Å². The van der Waals surface area contributed by atoms with Gasteiger partial charge in [0.2, 0.25) is 0 Å². The maximum atomic E-state index is 13.7. The number of Topliss-reactive ketones (excluding diaryl/α,β-unsaturated/α-hetero) is 1. The van der Waals surface area contributed by atoms with Gasteiger partial charge in [-0.3, -0.25) is 4.79 Å². The molecule has 1 aromatic rings. The van der Waals surface area contributed by atoms with E-state index in [-0.39, 0.29) is 28.3 Å². The van der Waals surface area contributed by atoms with Crippen molar-refractivity contribution < 1.29 is 13.6 Å². The molecule has 1 fully saturated rings. The maximum absolute atomic E-state index is 13.7. The Morgan fingerprint density at radius 1 is 1.50 bits per heavy atom. The molecule has 1 atom stereocenters. The Bertz CT molecular complexity index is 464. The van der Waals surface area contributed by atoms with E-state index in [1.165, 1.54) is 12.1 Å². The van der Waals surface area contributed by atoms with Crippen molar-refractivity contribution in [1.82, 2.24) is 5.32 Å². The van der Waals surface area contributed by atoms with E-state index in [1.54, 1.807) is 11.8 Å². The molecule has 0 amide bonds. The number of hydrogen-bond donors (Lipinski definition) is 1. The van der Waals surface area contributed by atoms with Crippen LogP contribution in [0.3, 0.4) is 0 Å². The second-order valence-corrected chi connectivity index (χ2v) is 6.05. The molecule has 0 spiro atoms. The predicted molar refractivity (Wildman–Crippen MR) is 71.9 cm³/mol. The highest BCUT2D eigenvalue weighted by Crippen LogP contribution is 2.23.